The minimum absolute atomic E-state index is 0.0358. The van der Waals surface area contributed by atoms with Crippen LogP contribution >= 0.6 is 0 Å². The van der Waals surface area contributed by atoms with Crippen LogP contribution in [0.25, 0.3) is 6.08 Å². The lowest BCUT2D eigenvalue weighted by Crippen LogP contribution is -2.44. The lowest BCUT2D eigenvalue weighted by Gasteiger charge is -2.11. The molecule has 27 heavy (non-hydrogen) atoms. The van der Waals surface area contributed by atoms with Crippen molar-refractivity contribution in [2.24, 2.45) is 0 Å². The molecule has 1 unspecified atom stereocenters. The predicted molar refractivity (Wildman–Crippen MR) is 98.8 cm³/mol. The number of hydrogen-bond donors (Lipinski definition) is 0. The standard InChI is InChI=1S/C22H17N2O3/c25-20(17-7-2-1-3-8-17)15-24-13-12-23-14-19(24)22(26)27-21-11-10-16-6-4-5-9-18(16)21/h1-14,21H,15H2/q+1. The summed E-state index contributed by atoms with van der Waals surface area (Å²) in [7, 11) is 0. The third kappa shape index (κ3) is 3.53. The lowest BCUT2D eigenvalue weighted by atomic mass is 10.1. The number of rotatable bonds is 5. The second-order valence-electron chi connectivity index (χ2n) is 6.19. The number of nitrogens with zero attached hydrogens (tertiary/aromatic N) is 2. The van der Waals surface area contributed by atoms with Gasteiger partial charge in [0.05, 0.1) is 6.20 Å². The van der Waals surface area contributed by atoms with Gasteiger partial charge in [0.25, 0.3) is 0 Å². The highest BCUT2D eigenvalue weighted by Crippen LogP contribution is 2.31. The van der Waals surface area contributed by atoms with Crippen LogP contribution in [0.3, 0.4) is 0 Å². The normalized spacial score (nSPS) is 14.6. The molecule has 132 valence electrons. The fraction of sp³-hybridized carbons (Fsp3) is 0.0909. The number of hydrogen-bond acceptors (Lipinski definition) is 4. The number of carbonyl (C=O) groups is 2. The van der Waals surface area contributed by atoms with Crippen molar-refractivity contribution in [2.75, 3.05) is 0 Å². The molecule has 0 bridgehead atoms. The van der Waals surface area contributed by atoms with Crippen LogP contribution in [-0.4, -0.2) is 16.7 Å². The minimum atomic E-state index is -0.518. The summed E-state index contributed by atoms with van der Waals surface area (Å²) in [6.07, 6.45) is 7.91. The topological polar surface area (TPSA) is 60.1 Å². The number of aromatic nitrogens is 2. The summed E-state index contributed by atoms with van der Waals surface area (Å²) in [6.45, 7) is 0.0358. The molecule has 1 aliphatic rings. The molecule has 0 saturated carbocycles. The van der Waals surface area contributed by atoms with E-state index < -0.39 is 12.1 Å². The smallest absolute Gasteiger partial charge is 0.406 e. The minimum Gasteiger partial charge on any atom is -0.445 e. The molecule has 2 aromatic carbocycles. The monoisotopic (exact) mass is 357 g/mol. The lowest BCUT2D eigenvalue weighted by molar-refractivity contribution is -0.686. The van der Waals surface area contributed by atoms with Crippen molar-refractivity contribution in [3.05, 3.63) is 102 Å². The Hall–Kier alpha value is -3.60. The highest BCUT2D eigenvalue weighted by atomic mass is 16.5. The molecule has 5 nitrogen and oxygen atoms in total. The maximum Gasteiger partial charge on any atom is 0.406 e. The summed E-state index contributed by atoms with van der Waals surface area (Å²) in [5, 5.41) is 0. The summed E-state index contributed by atoms with van der Waals surface area (Å²) < 4.78 is 7.22. The Balaban J connectivity index is 1.54. The average Bonchev–Trinajstić information content (AvgIpc) is 3.12. The van der Waals surface area contributed by atoms with E-state index in [0.29, 0.717) is 5.56 Å². The number of ether oxygens (including phenoxy) is 1. The maximum atomic E-state index is 12.7. The highest BCUT2D eigenvalue weighted by molar-refractivity contribution is 5.95. The van der Waals surface area contributed by atoms with Crippen molar-refractivity contribution in [2.45, 2.75) is 12.6 Å². The Morgan fingerprint density at radius 3 is 2.67 bits per heavy atom. The van der Waals surface area contributed by atoms with E-state index >= 15 is 0 Å². The van der Waals surface area contributed by atoms with Gasteiger partial charge in [0, 0.05) is 11.1 Å². The van der Waals surface area contributed by atoms with Gasteiger partial charge in [0.1, 0.15) is 12.3 Å². The Kier molecular flexibility index (Phi) is 4.58. The molecule has 0 aliphatic heterocycles. The van der Waals surface area contributed by atoms with Gasteiger partial charge in [-0.05, 0) is 11.6 Å². The van der Waals surface area contributed by atoms with Crippen LogP contribution in [0.4, 0.5) is 0 Å². The van der Waals surface area contributed by atoms with E-state index in [1.54, 1.807) is 29.1 Å². The van der Waals surface area contributed by atoms with Gasteiger partial charge in [-0.2, -0.15) is 4.57 Å². The average molecular weight is 357 g/mol. The van der Waals surface area contributed by atoms with Crippen LogP contribution in [0.5, 0.6) is 0 Å². The van der Waals surface area contributed by atoms with Crippen molar-refractivity contribution >= 4 is 17.8 Å². The molecule has 0 saturated heterocycles. The summed E-state index contributed by atoms with van der Waals surface area (Å²) in [5.41, 5.74) is 2.81. The SMILES string of the molecule is O=C(C[n+]1ccncc1C(=O)OC1C=Cc2ccccc21)c1ccccc1. The van der Waals surface area contributed by atoms with E-state index in [0.717, 1.165) is 11.1 Å². The molecule has 0 fully saturated rings. The molecule has 1 aromatic heterocycles. The number of benzene rings is 2. The van der Waals surface area contributed by atoms with Crippen LogP contribution in [0.1, 0.15) is 38.1 Å². The molecular formula is C22H17N2O3+. The maximum absolute atomic E-state index is 12.7. The van der Waals surface area contributed by atoms with Crippen LogP contribution in [-0.2, 0) is 11.3 Å². The van der Waals surface area contributed by atoms with Gasteiger partial charge in [-0.1, -0.05) is 60.7 Å². The number of esters is 1. The van der Waals surface area contributed by atoms with Gasteiger partial charge >= 0.3 is 11.7 Å². The molecule has 3 aromatic rings. The van der Waals surface area contributed by atoms with E-state index in [-0.39, 0.29) is 18.0 Å². The molecule has 1 heterocycles. The molecule has 0 spiro atoms. The molecular weight excluding hydrogens is 340 g/mol. The van der Waals surface area contributed by atoms with Gasteiger partial charge in [0.15, 0.2) is 6.20 Å². The molecule has 1 atom stereocenters. The van der Waals surface area contributed by atoms with E-state index in [4.69, 9.17) is 4.74 Å². The van der Waals surface area contributed by atoms with Crippen LogP contribution in [0.15, 0.2) is 79.3 Å². The van der Waals surface area contributed by atoms with Crippen molar-refractivity contribution in [3.8, 4) is 0 Å². The van der Waals surface area contributed by atoms with E-state index in [1.165, 1.54) is 6.20 Å². The second kappa shape index (κ2) is 7.33. The van der Waals surface area contributed by atoms with Gasteiger partial charge in [-0.15, -0.1) is 0 Å². The van der Waals surface area contributed by atoms with Crippen molar-refractivity contribution in [1.82, 2.24) is 4.98 Å². The van der Waals surface area contributed by atoms with Crippen molar-refractivity contribution in [3.63, 3.8) is 0 Å². The third-order valence-electron chi connectivity index (χ3n) is 4.44. The first-order chi connectivity index (χ1) is 13.2. The molecule has 1 aliphatic carbocycles. The van der Waals surface area contributed by atoms with Crippen LogP contribution in [0.2, 0.25) is 0 Å². The first kappa shape index (κ1) is 16.8. The second-order valence-corrected chi connectivity index (χ2v) is 6.19. The molecule has 5 heteroatoms. The highest BCUT2D eigenvalue weighted by Gasteiger charge is 2.28. The Labute approximate surface area is 156 Å². The number of carbonyl (C=O) groups excluding carboxylic acids is 2. The number of ketones is 1. The van der Waals surface area contributed by atoms with Gasteiger partial charge in [0.2, 0.25) is 12.3 Å². The Morgan fingerprint density at radius 1 is 1.04 bits per heavy atom. The van der Waals surface area contributed by atoms with E-state index in [9.17, 15) is 9.59 Å². The fourth-order valence-corrected chi connectivity index (χ4v) is 3.06. The Morgan fingerprint density at radius 2 is 1.81 bits per heavy atom. The first-order valence-electron chi connectivity index (χ1n) is 8.62. The Bertz CT molecular complexity index is 1030. The van der Waals surface area contributed by atoms with Crippen LogP contribution < -0.4 is 4.57 Å². The molecule has 0 amide bonds. The fourth-order valence-electron chi connectivity index (χ4n) is 3.06. The summed E-state index contributed by atoms with van der Waals surface area (Å²) in [5.74, 6) is -0.609. The van der Waals surface area contributed by atoms with Crippen molar-refractivity contribution < 1.29 is 18.9 Å². The van der Waals surface area contributed by atoms with E-state index in [2.05, 4.69) is 4.98 Å². The quantitative estimate of drug-likeness (QED) is 0.400. The summed E-state index contributed by atoms with van der Waals surface area (Å²) in [6, 6.07) is 16.7. The van der Waals surface area contributed by atoms with Gasteiger partial charge in [-0.3, -0.25) is 9.78 Å². The molecule has 0 N–H and O–H groups in total. The predicted octanol–water partition coefficient (Wildman–Crippen LogP) is 3.18. The molecule has 0 radical (unpaired) electrons. The van der Waals surface area contributed by atoms with Crippen LogP contribution in [0, 0.1) is 0 Å². The number of fused-ring (bicyclic) bond motifs is 1. The zero-order valence-electron chi connectivity index (χ0n) is 14.5. The van der Waals surface area contributed by atoms with Gasteiger partial charge < -0.3 is 4.74 Å². The van der Waals surface area contributed by atoms with Gasteiger partial charge in [-0.25, -0.2) is 4.79 Å². The largest absolute Gasteiger partial charge is 0.445 e. The third-order valence-corrected chi connectivity index (χ3v) is 4.44. The number of Topliss-reactive ketones (excluding diaryl/α,β-unsaturated/α-hetero) is 1. The summed E-state index contributed by atoms with van der Waals surface area (Å²) >= 11 is 0. The molecule has 4 rings (SSSR count). The zero-order valence-corrected chi connectivity index (χ0v) is 14.5. The summed E-state index contributed by atoms with van der Waals surface area (Å²) in [4.78, 5) is 29.2. The first-order valence-corrected chi connectivity index (χ1v) is 8.62. The van der Waals surface area contributed by atoms with E-state index in [1.807, 2.05) is 54.6 Å². The zero-order chi connectivity index (χ0) is 18.6. The van der Waals surface area contributed by atoms with Crippen molar-refractivity contribution in [1.29, 1.82) is 0 Å².